The molecule has 0 spiro atoms. The van der Waals surface area contributed by atoms with E-state index in [0.717, 1.165) is 6.07 Å². The Kier molecular flexibility index (Phi) is 5.23. The van der Waals surface area contributed by atoms with E-state index in [9.17, 15) is 13.6 Å². The van der Waals surface area contributed by atoms with Crippen molar-refractivity contribution in [3.8, 4) is 0 Å². The molecule has 0 saturated heterocycles. The van der Waals surface area contributed by atoms with Gasteiger partial charge in [0.25, 0.3) is 0 Å². The fraction of sp³-hybridized carbons (Fsp3) is 0.462. The Hall–Kier alpha value is -1.69. The lowest BCUT2D eigenvalue weighted by Crippen LogP contribution is -2.27. The Morgan fingerprint density at radius 1 is 1.42 bits per heavy atom. The number of hydrogen-bond acceptors (Lipinski definition) is 3. The number of halogens is 2. The molecule has 19 heavy (non-hydrogen) atoms. The number of rotatable bonds is 6. The molecule has 0 heterocycles. The van der Waals surface area contributed by atoms with E-state index in [-0.39, 0.29) is 18.8 Å². The van der Waals surface area contributed by atoms with E-state index in [1.54, 1.807) is 21.0 Å². The molecule has 4 nitrogen and oxygen atoms in total. The minimum absolute atomic E-state index is 0.176. The summed E-state index contributed by atoms with van der Waals surface area (Å²) in [4.78, 5) is 12.2. The summed E-state index contributed by atoms with van der Waals surface area (Å²) in [7, 11) is 3.25. The highest BCUT2D eigenvalue weighted by molar-refractivity contribution is 5.69. The predicted molar refractivity (Wildman–Crippen MR) is 69.2 cm³/mol. The highest BCUT2D eigenvalue weighted by atomic mass is 19.2. The van der Waals surface area contributed by atoms with Crippen molar-refractivity contribution in [1.82, 2.24) is 5.32 Å². The van der Waals surface area contributed by atoms with E-state index in [1.807, 2.05) is 0 Å². The zero-order valence-electron chi connectivity index (χ0n) is 11.2. The van der Waals surface area contributed by atoms with Crippen LogP contribution in [0.25, 0.3) is 0 Å². The third kappa shape index (κ3) is 3.89. The summed E-state index contributed by atoms with van der Waals surface area (Å²) in [5, 5.41) is 11.7. The van der Waals surface area contributed by atoms with Gasteiger partial charge in [-0.1, -0.05) is 13.0 Å². The van der Waals surface area contributed by atoms with E-state index in [1.165, 1.54) is 11.0 Å². The second kappa shape index (κ2) is 6.47. The molecule has 0 aromatic heterocycles. The van der Waals surface area contributed by atoms with Gasteiger partial charge < -0.3 is 15.3 Å². The third-order valence-corrected chi connectivity index (χ3v) is 2.79. The van der Waals surface area contributed by atoms with Crippen LogP contribution >= 0.6 is 0 Å². The number of hydrogen-bond donors (Lipinski definition) is 2. The highest BCUT2D eigenvalue weighted by Crippen LogP contribution is 2.24. The van der Waals surface area contributed by atoms with Crippen molar-refractivity contribution in [2.75, 3.05) is 25.5 Å². The van der Waals surface area contributed by atoms with Crippen molar-refractivity contribution in [2.24, 2.45) is 5.92 Å². The maximum Gasteiger partial charge on any atom is 0.307 e. The molecule has 1 unspecified atom stereocenters. The lowest BCUT2D eigenvalue weighted by Gasteiger charge is -2.19. The van der Waals surface area contributed by atoms with Gasteiger partial charge in [-0.15, -0.1) is 0 Å². The van der Waals surface area contributed by atoms with Crippen LogP contribution in [-0.4, -0.2) is 31.7 Å². The number of aliphatic carboxylic acids is 1. The van der Waals surface area contributed by atoms with Crippen LogP contribution in [0.5, 0.6) is 0 Å². The normalized spacial score (nSPS) is 12.3. The molecule has 1 aromatic rings. The van der Waals surface area contributed by atoms with Crippen molar-refractivity contribution in [3.63, 3.8) is 0 Å². The van der Waals surface area contributed by atoms with Gasteiger partial charge in [-0.05, 0) is 11.6 Å². The number of nitrogens with one attached hydrogen (secondary N) is 1. The molecule has 2 N–H and O–H groups in total. The first kappa shape index (κ1) is 15.4. The SMILES string of the molecule is CC(CNCc1ccc(F)c(F)c1N(C)C)C(=O)O. The van der Waals surface area contributed by atoms with E-state index in [0.29, 0.717) is 5.56 Å². The minimum atomic E-state index is -0.898. The van der Waals surface area contributed by atoms with E-state index in [2.05, 4.69) is 5.32 Å². The summed E-state index contributed by atoms with van der Waals surface area (Å²) in [6.07, 6.45) is 0. The lowest BCUT2D eigenvalue weighted by molar-refractivity contribution is -0.140. The molecular weight excluding hydrogens is 254 g/mol. The van der Waals surface area contributed by atoms with Crippen molar-refractivity contribution >= 4 is 11.7 Å². The predicted octanol–water partition coefficient (Wildman–Crippen LogP) is 1.84. The first-order chi connectivity index (χ1) is 8.84. The Balaban J connectivity index is 2.79. The molecule has 106 valence electrons. The average molecular weight is 272 g/mol. The van der Waals surface area contributed by atoms with Crippen molar-refractivity contribution < 1.29 is 18.7 Å². The van der Waals surface area contributed by atoms with E-state index in [4.69, 9.17) is 5.11 Å². The molecule has 0 aliphatic heterocycles. The van der Waals surface area contributed by atoms with Crippen LogP contribution in [0.2, 0.25) is 0 Å². The zero-order valence-corrected chi connectivity index (χ0v) is 11.2. The number of carbonyl (C=O) groups is 1. The van der Waals surface area contributed by atoms with Gasteiger partial charge in [0.05, 0.1) is 11.6 Å². The van der Waals surface area contributed by atoms with Crippen molar-refractivity contribution in [3.05, 3.63) is 29.3 Å². The van der Waals surface area contributed by atoms with Gasteiger partial charge in [0.1, 0.15) is 0 Å². The van der Waals surface area contributed by atoms with Crippen LogP contribution in [0.3, 0.4) is 0 Å². The third-order valence-electron chi connectivity index (χ3n) is 2.79. The molecule has 6 heteroatoms. The van der Waals surface area contributed by atoms with Crippen LogP contribution in [0.4, 0.5) is 14.5 Å². The van der Waals surface area contributed by atoms with Gasteiger partial charge in [-0.2, -0.15) is 0 Å². The van der Waals surface area contributed by atoms with Crippen molar-refractivity contribution in [1.29, 1.82) is 0 Å². The monoisotopic (exact) mass is 272 g/mol. The fourth-order valence-electron chi connectivity index (χ4n) is 1.72. The Bertz CT molecular complexity index is 464. The van der Waals surface area contributed by atoms with E-state index < -0.39 is 23.5 Å². The first-order valence-corrected chi connectivity index (χ1v) is 5.92. The molecule has 0 fully saturated rings. The Labute approximate surface area is 111 Å². The van der Waals surface area contributed by atoms with Crippen LogP contribution in [0, 0.1) is 17.6 Å². The highest BCUT2D eigenvalue weighted by Gasteiger charge is 2.16. The summed E-state index contributed by atoms with van der Waals surface area (Å²) in [5.41, 5.74) is 0.761. The number of anilines is 1. The van der Waals surface area contributed by atoms with E-state index >= 15 is 0 Å². The molecule has 0 saturated carbocycles. The van der Waals surface area contributed by atoms with Crippen LogP contribution in [0.1, 0.15) is 12.5 Å². The van der Waals surface area contributed by atoms with Crippen LogP contribution in [-0.2, 0) is 11.3 Å². The zero-order chi connectivity index (χ0) is 14.6. The molecular formula is C13H18F2N2O2. The quantitative estimate of drug-likeness (QED) is 0.829. The number of benzene rings is 1. The van der Waals surface area contributed by atoms with Gasteiger partial charge in [-0.3, -0.25) is 4.79 Å². The van der Waals surface area contributed by atoms with Crippen LogP contribution in [0.15, 0.2) is 12.1 Å². The first-order valence-electron chi connectivity index (χ1n) is 5.92. The molecule has 0 radical (unpaired) electrons. The lowest BCUT2D eigenvalue weighted by atomic mass is 10.1. The second-order valence-corrected chi connectivity index (χ2v) is 4.63. The smallest absolute Gasteiger partial charge is 0.307 e. The Morgan fingerprint density at radius 3 is 2.58 bits per heavy atom. The van der Waals surface area contributed by atoms with Gasteiger partial charge in [0.15, 0.2) is 11.6 Å². The molecule has 1 aromatic carbocycles. The average Bonchev–Trinajstić information content (AvgIpc) is 2.32. The maximum atomic E-state index is 13.7. The number of nitrogens with zero attached hydrogens (tertiary/aromatic N) is 1. The molecule has 0 amide bonds. The van der Waals surface area contributed by atoms with Gasteiger partial charge >= 0.3 is 5.97 Å². The molecule has 0 aliphatic carbocycles. The van der Waals surface area contributed by atoms with Gasteiger partial charge in [-0.25, -0.2) is 8.78 Å². The molecule has 1 atom stereocenters. The van der Waals surface area contributed by atoms with Crippen LogP contribution < -0.4 is 10.2 Å². The summed E-state index contributed by atoms with van der Waals surface area (Å²) >= 11 is 0. The standard InChI is InChI=1S/C13H18F2N2O2/c1-8(13(18)19)6-16-7-9-4-5-10(14)11(15)12(9)17(2)3/h4-5,8,16H,6-7H2,1-3H3,(H,18,19). The molecule has 0 bridgehead atoms. The van der Waals surface area contributed by atoms with Gasteiger partial charge in [0.2, 0.25) is 0 Å². The Morgan fingerprint density at radius 2 is 2.05 bits per heavy atom. The summed E-state index contributed by atoms with van der Waals surface area (Å²) in [6, 6.07) is 2.56. The fourth-order valence-corrected chi connectivity index (χ4v) is 1.72. The number of carboxylic acids is 1. The summed E-state index contributed by atoms with van der Waals surface area (Å²) < 4.78 is 26.9. The summed E-state index contributed by atoms with van der Waals surface area (Å²) in [6.45, 7) is 2.12. The summed E-state index contributed by atoms with van der Waals surface area (Å²) in [5.74, 6) is -3.22. The molecule has 0 aliphatic rings. The van der Waals surface area contributed by atoms with Gasteiger partial charge in [0, 0.05) is 27.2 Å². The largest absolute Gasteiger partial charge is 0.481 e. The topological polar surface area (TPSA) is 52.6 Å². The number of carboxylic acid groups (broad SMARTS) is 1. The van der Waals surface area contributed by atoms with Crippen molar-refractivity contribution in [2.45, 2.75) is 13.5 Å². The molecule has 1 rings (SSSR count). The minimum Gasteiger partial charge on any atom is -0.481 e. The maximum absolute atomic E-state index is 13.7. The second-order valence-electron chi connectivity index (χ2n) is 4.63.